The minimum Gasteiger partial charge on any atom is -0.497 e. The highest BCUT2D eigenvalue weighted by atomic mass is 16.5. The quantitative estimate of drug-likeness (QED) is 0.675. The van der Waals surface area contributed by atoms with Crippen molar-refractivity contribution >= 4 is 16.9 Å². The molecule has 0 saturated heterocycles. The largest absolute Gasteiger partial charge is 0.497 e. The molecule has 146 valence electrons. The summed E-state index contributed by atoms with van der Waals surface area (Å²) in [4.78, 5) is 12.8. The number of fused-ring (bicyclic) bond motifs is 1. The Morgan fingerprint density at radius 2 is 1.82 bits per heavy atom. The second-order valence-electron chi connectivity index (χ2n) is 7.39. The molecule has 0 aliphatic heterocycles. The fourth-order valence-corrected chi connectivity index (χ4v) is 4.21. The molecule has 1 heterocycles. The molecule has 28 heavy (non-hydrogen) atoms. The number of benzene rings is 2. The van der Waals surface area contributed by atoms with Crippen LogP contribution in [-0.4, -0.2) is 26.7 Å². The van der Waals surface area contributed by atoms with Crippen molar-refractivity contribution in [2.75, 3.05) is 20.8 Å². The molecule has 1 aromatic heterocycles. The lowest BCUT2D eigenvalue weighted by Crippen LogP contribution is -2.38. The number of furan rings is 1. The summed E-state index contributed by atoms with van der Waals surface area (Å²) in [5.74, 6) is 1.58. The number of amides is 1. The van der Waals surface area contributed by atoms with Crippen molar-refractivity contribution in [2.24, 2.45) is 0 Å². The van der Waals surface area contributed by atoms with Crippen molar-refractivity contribution in [1.29, 1.82) is 0 Å². The van der Waals surface area contributed by atoms with E-state index in [-0.39, 0.29) is 11.3 Å². The van der Waals surface area contributed by atoms with Crippen molar-refractivity contribution in [3.63, 3.8) is 0 Å². The summed E-state index contributed by atoms with van der Waals surface area (Å²) in [7, 11) is 3.26. The van der Waals surface area contributed by atoms with Crippen molar-refractivity contribution in [1.82, 2.24) is 5.32 Å². The van der Waals surface area contributed by atoms with E-state index in [2.05, 4.69) is 17.4 Å². The van der Waals surface area contributed by atoms with Gasteiger partial charge < -0.3 is 19.2 Å². The average Bonchev–Trinajstić information content (AvgIpc) is 3.39. The number of carbonyl (C=O) groups excluding carboxylic acids is 1. The Labute approximate surface area is 164 Å². The predicted octanol–water partition coefficient (Wildman–Crippen LogP) is 4.69. The van der Waals surface area contributed by atoms with Gasteiger partial charge in [0.2, 0.25) is 0 Å². The number of ether oxygens (including phenoxy) is 2. The van der Waals surface area contributed by atoms with Crippen LogP contribution in [0.5, 0.6) is 11.5 Å². The van der Waals surface area contributed by atoms with Crippen LogP contribution >= 0.6 is 0 Å². The molecule has 0 atom stereocenters. The number of rotatable bonds is 6. The van der Waals surface area contributed by atoms with Crippen LogP contribution in [-0.2, 0) is 5.41 Å². The molecule has 1 aliphatic carbocycles. The number of hydrogen-bond donors (Lipinski definition) is 1. The SMILES string of the molecule is COc1ccc(C2(CNC(=O)c3cc4cccc(OC)c4o3)CCCC2)cc1. The second kappa shape index (κ2) is 7.58. The van der Waals surface area contributed by atoms with E-state index < -0.39 is 0 Å². The maximum Gasteiger partial charge on any atom is 0.287 e. The topological polar surface area (TPSA) is 60.7 Å². The van der Waals surface area contributed by atoms with Crippen LogP contribution in [0.3, 0.4) is 0 Å². The third kappa shape index (κ3) is 3.33. The van der Waals surface area contributed by atoms with Crippen molar-refractivity contribution in [3.8, 4) is 11.5 Å². The van der Waals surface area contributed by atoms with Gasteiger partial charge in [0, 0.05) is 17.3 Å². The number of para-hydroxylation sites is 1. The summed E-state index contributed by atoms with van der Waals surface area (Å²) in [6.45, 7) is 0.590. The highest BCUT2D eigenvalue weighted by molar-refractivity contribution is 5.97. The molecule has 1 N–H and O–H groups in total. The van der Waals surface area contributed by atoms with Gasteiger partial charge in [-0.3, -0.25) is 4.79 Å². The number of nitrogens with one attached hydrogen (secondary N) is 1. The van der Waals surface area contributed by atoms with E-state index in [1.807, 2.05) is 30.3 Å². The Balaban J connectivity index is 1.53. The molecule has 1 fully saturated rings. The summed E-state index contributed by atoms with van der Waals surface area (Å²) in [5.41, 5.74) is 1.81. The lowest BCUT2D eigenvalue weighted by atomic mass is 9.78. The maximum absolute atomic E-state index is 12.8. The normalized spacial score (nSPS) is 15.5. The van der Waals surface area contributed by atoms with Crippen molar-refractivity contribution in [2.45, 2.75) is 31.1 Å². The lowest BCUT2D eigenvalue weighted by molar-refractivity contribution is 0.0917. The monoisotopic (exact) mass is 379 g/mol. The zero-order valence-corrected chi connectivity index (χ0v) is 16.3. The van der Waals surface area contributed by atoms with Gasteiger partial charge in [0.05, 0.1) is 14.2 Å². The number of hydrogen-bond acceptors (Lipinski definition) is 4. The van der Waals surface area contributed by atoms with E-state index in [0.29, 0.717) is 23.6 Å². The second-order valence-corrected chi connectivity index (χ2v) is 7.39. The Hall–Kier alpha value is -2.95. The van der Waals surface area contributed by atoms with Gasteiger partial charge in [0.15, 0.2) is 17.1 Å². The third-order valence-electron chi connectivity index (χ3n) is 5.80. The van der Waals surface area contributed by atoms with Crippen LogP contribution in [0, 0.1) is 0 Å². The highest BCUT2D eigenvalue weighted by Gasteiger charge is 2.36. The first-order valence-electron chi connectivity index (χ1n) is 9.64. The number of carbonyl (C=O) groups is 1. The molecule has 1 saturated carbocycles. The van der Waals surface area contributed by atoms with Crippen LogP contribution in [0.15, 0.2) is 52.9 Å². The summed E-state index contributed by atoms with van der Waals surface area (Å²) < 4.78 is 16.4. The summed E-state index contributed by atoms with van der Waals surface area (Å²) in [6.07, 6.45) is 4.47. The lowest BCUT2D eigenvalue weighted by Gasteiger charge is -2.30. The first-order chi connectivity index (χ1) is 13.6. The molecule has 0 spiro atoms. The Kier molecular flexibility index (Phi) is 4.99. The van der Waals surface area contributed by atoms with E-state index in [9.17, 15) is 4.79 Å². The van der Waals surface area contributed by atoms with Crippen LogP contribution < -0.4 is 14.8 Å². The number of methoxy groups -OCH3 is 2. The standard InChI is InChI=1S/C23H25NO4/c1-26-18-10-8-17(9-11-18)23(12-3-4-13-23)15-24-22(25)20-14-16-6-5-7-19(27-2)21(16)28-20/h5-11,14H,3-4,12-13,15H2,1-2H3,(H,24,25). The molecule has 0 radical (unpaired) electrons. The molecule has 3 aromatic rings. The fraction of sp³-hybridized carbons (Fsp3) is 0.348. The molecule has 5 nitrogen and oxygen atoms in total. The van der Waals surface area contributed by atoms with Gasteiger partial charge in [-0.15, -0.1) is 0 Å². The molecule has 2 aromatic carbocycles. The van der Waals surface area contributed by atoms with Gasteiger partial charge in [-0.05, 0) is 42.7 Å². The zero-order valence-electron chi connectivity index (χ0n) is 16.3. The highest BCUT2D eigenvalue weighted by Crippen LogP contribution is 2.41. The summed E-state index contributed by atoms with van der Waals surface area (Å²) >= 11 is 0. The van der Waals surface area contributed by atoms with Gasteiger partial charge in [-0.25, -0.2) is 0 Å². The van der Waals surface area contributed by atoms with Crippen LogP contribution in [0.4, 0.5) is 0 Å². The molecular weight excluding hydrogens is 354 g/mol. The molecule has 0 unspecified atom stereocenters. The van der Waals surface area contributed by atoms with E-state index in [4.69, 9.17) is 13.9 Å². The molecule has 0 bridgehead atoms. The Morgan fingerprint density at radius 1 is 1.07 bits per heavy atom. The molecule has 4 rings (SSSR count). The van der Waals surface area contributed by atoms with Gasteiger partial charge in [-0.2, -0.15) is 0 Å². The molecule has 1 aliphatic rings. The van der Waals surface area contributed by atoms with Gasteiger partial charge in [0.1, 0.15) is 5.75 Å². The van der Waals surface area contributed by atoms with Gasteiger partial charge in [-0.1, -0.05) is 37.1 Å². The first kappa shape index (κ1) is 18.4. The first-order valence-corrected chi connectivity index (χ1v) is 9.64. The van der Waals surface area contributed by atoms with Crippen LogP contribution in [0.1, 0.15) is 41.8 Å². The minimum absolute atomic E-state index is 0.0361. The van der Waals surface area contributed by atoms with E-state index in [1.54, 1.807) is 20.3 Å². The predicted molar refractivity (Wildman–Crippen MR) is 108 cm³/mol. The molecule has 5 heteroatoms. The Bertz CT molecular complexity index is 968. The summed E-state index contributed by atoms with van der Waals surface area (Å²) in [6, 6.07) is 15.6. The van der Waals surface area contributed by atoms with Crippen molar-refractivity contribution < 1.29 is 18.7 Å². The van der Waals surface area contributed by atoms with Crippen molar-refractivity contribution in [3.05, 3.63) is 59.9 Å². The van der Waals surface area contributed by atoms with Crippen LogP contribution in [0.25, 0.3) is 11.0 Å². The molecule has 1 amide bonds. The van der Waals surface area contributed by atoms with E-state index in [1.165, 1.54) is 18.4 Å². The summed E-state index contributed by atoms with van der Waals surface area (Å²) in [5, 5.41) is 3.96. The van der Waals surface area contributed by atoms with Gasteiger partial charge in [0.25, 0.3) is 5.91 Å². The fourth-order valence-electron chi connectivity index (χ4n) is 4.21. The third-order valence-corrected chi connectivity index (χ3v) is 5.80. The van der Waals surface area contributed by atoms with Gasteiger partial charge >= 0.3 is 0 Å². The maximum atomic E-state index is 12.8. The Morgan fingerprint density at radius 3 is 2.50 bits per heavy atom. The molecular formula is C23H25NO4. The van der Waals surface area contributed by atoms with Crippen LogP contribution in [0.2, 0.25) is 0 Å². The van der Waals surface area contributed by atoms with E-state index >= 15 is 0 Å². The zero-order chi connectivity index (χ0) is 19.6. The van der Waals surface area contributed by atoms with E-state index in [0.717, 1.165) is 24.0 Å². The minimum atomic E-state index is -0.196. The average molecular weight is 379 g/mol. The smallest absolute Gasteiger partial charge is 0.287 e.